The number of fused-ring (bicyclic) bond motifs is 1. The van der Waals surface area contributed by atoms with Gasteiger partial charge in [0.05, 0.1) is 17.1 Å². The van der Waals surface area contributed by atoms with Gasteiger partial charge in [0.1, 0.15) is 23.9 Å². The maximum absolute atomic E-state index is 13.1. The molecule has 32 heavy (non-hydrogen) atoms. The Kier molecular flexibility index (Phi) is 5.96. The molecule has 170 valence electrons. The molecule has 0 radical (unpaired) electrons. The Morgan fingerprint density at radius 1 is 1.25 bits per heavy atom. The van der Waals surface area contributed by atoms with Gasteiger partial charge >= 0.3 is 6.18 Å². The van der Waals surface area contributed by atoms with E-state index in [9.17, 15) is 27.5 Å². The highest BCUT2D eigenvalue weighted by Crippen LogP contribution is 2.29. The number of aliphatic hydroxyl groups is 1. The molecule has 1 aliphatic rings. The van der Waals surface area contributed by atoms with Crippen LogP contribution in [0.4, 0.5) is 29.2 Å². The molecule has 1 saturated heterocycles. The van der Waals surface area contributed by atoms with Crippen molar-refractivity contribution in [3.63, 3.8) is 0 Å². The number of piperidine rings is 1. The molecule has 8 nitrogen and oxygen atoms in total. The maximum Gasteiger partial charge on any atom is 0.408 e. The van der Waals surface area contributed by atoms with Gasteiger partial charge in [0, 0.05) is 25.9 Å². The van der Waals surface area contributed by atoms with Crippen LogP contribution in [0.3, 0.4) is 0 Å². The number of halogens is 4. The fourth-order valence-corrected chi connectivity index (χ4v) is 3.70. The van der Waals surface area contributed by atoms with E-state index in [2.05, 4.69) is 20.4 Å². The van der Waals surface area contributed by atoms with Crippen LogP contribution < -0.4 is 5.32 Å². The first-order valence-electron chi connectivity index (χ1n) is 9.95. The van der Waals surface area contributed by atoms with E-state index in [0.29, 0.717) is 13.1 Å². The van der Waals surface area contributed by atoms with Crippen molar-refractivity contribution in [3.8, 4) is 0 Å². The molecule has 1 amide bonds. The number of rotatable bonds is 5. The van der Waals surface area contributed by atoms with Crippen molar-refractivity contribution in [1.82, 2.24) is 24.6 Å². The number of nitrogens with one attached hydrogen (secondary N) is 1. The first-order chi connectivity index (χ1) is 15.2. The van der Waals surface area contributed by atoms with Crippen LogP contribution in [0.25, 0.3) is 10.9 Å². The SMILES string of the molecule is O=C(c1cc2c(cn1)c(Nc1ccc(F)cn1)nn2CC(F)(F)F)N1CCC[C@@H](CO)C1. The molecule has 0 spiro atoms. The van der Waals surface area contributed by atoms with Crippen LogP contribution in [0.15, 0.2) is 30.6 Å². The van der Waals surface area contributed by atoms with Crippen molar-refractivity contribution in [2.24, 2.45) is 5.92 Å². The van der Waals surface area contributed by atoms with Gasteiger partial charge in [0.25, 0.3) is 5.91 Å². The Hall–Kier alpha value is -3.28. The number of amides is 1. The lowest BCUT2D eigenvalue weighted by Crippen LogP contribution is -2.41. The molecular formula is C20H20F4N6O2. The highest BCUT2D eigenvalue weighted by Gasteiger charge is 2.31. The molecule has 0 bridgehead atoms. The van der Waals surface area contributed by atoms with E-state index >= 15 is 0 Å². The average Bonchev–Trinajstić information content (AvgIpc) is 3.09. The van der Waals surface area contributed by atoms with Crippen molar-refractivity contribution in [3.05, 3.63) is 42.1 Å². The fraction of sp³-hybridized carbons (Fsp3) is 0.400. The minimum atomic E-state index is -4.54. The van der Waals surface area contributed by atoms with Crippen molar-refractivity contribution < 1.29 is 27.5 Å². The van der Waals surface area contributed by atoms with Crippen molar-refractivity contribution in [2.75, 3.05) is 25.0 Å². The van der Waals surface area contributed by atoms with Gasteiger partial charge < -0.3 is 15.3 Å². The van der Waals surface area contributed by atoms with Crippen LogP contribution in [0.5, 0.6) is 0 Å². The third kappa shape index (κ3) is 4.79. The topological polar surface area (TPSA) is 96.2 Å². The molecule has 0 aromatic carbocycles. The summed E-state index contributed by atoms with van der Waals surface area (Å²) < 4.78 is 53.2. The Bertz CT molecular complexity index is 1120. The number of pyridine rings is 2. The standard InChI is InChI=1S/C20H20F4N6O2/c21-13-3-4-17(26-7-13)27-18-14-8-25-15(6-16(14)30(28-18)11-20(22,23)24)19(32)29-5-1-2-12(9-29)10-31/h3-4,6-8,12,31H,1-2,5,9-11H2,(H,26,27,28)/t12-/m1/s1. The van der Waals surface area contributed by atoms with Crippen LogP contribution in [-0.4, -0.2) is 61.5 Å². The van der Waals surface area contributed by atoms with Crippen molar-refractivity contribution in [1.29, 1.82) is 0 Å². The van der Waals surface area contributed by atoms with Gasteiger partial charge in [-0.3, -0.25) is 14.5 Å². The van der Waals surface area contributed by atoms with Gasteiger partial charge in [-0.05, 0) is 37.0 Å². The predicted octanol–water partition coefficient (Wildman–Crippen LogP) is 3.12. The summed E-state index contributed by atoms with van der Waals surface area (Å²) in [6.45, 7) is -0.559. The molecule has 12 heteroatoms. The summed E-state index contributed by atoms with van der Waals surface area (Å²) in [6, 6.07) is 3.75. The highest BCUT2D eigenvalue weighted by atomic mass is 19.4. The zero-order chi connectivity index (χ0) is 22.9. The normalized spacial score (nSPS) is 17.0. The second-order valence-corrected chi connectivity index (χ2v) is 7.64. The molecule has 0 saturated carbocycles. The van der Waals surface area contributed by atoms with Gasteiger partial charge in [0.15, 0.2) is 5.82 Å². The lowest BCUT2D eigenvalue weighted by Gasteiger charge is -2.31. The minimum Gasteiger partial charge on any atom is -0.396 e. The van der Waals surface area contributed by atoms with Gasteiger partial charge in [0.2, 0.25) is 0 Å². The second-order valence-electron chi connectivity index (χ2n) is 7.64. The Labute approximate surface area is 179 Å². The van der Waals surface area contributed by atoms with Crippen LogP contribution in [0.1, 0.15) is 23.3 Å². The zero-order valence-electron chi connectivity index (χ0n) is 16.8. The monoisotopic (exact) mass is 452 g/mol. The Morgan fingerprint density at radius 2 is 2.06 bits per heavy atom. The van der Waals surface area contributed by atoms with Crippen molar-refractivity contribution >= 4 is 28.4 Å². The maximum atomic E-state index is 13.1. The predicted molar refractivity (Wildman–Crippen MR) is 107 cm³/mol. The number of alkyl halides is 3. The first kappa shape index (κ1) is 21.9. The summed E-state index contributed by atoms with van der Waals surface area (Å²) >= 11 is 0. The summed E-state index contributed by atoms with van der Waals surface area (Å²) in [5.41, 5.74) is 0.0619. The average molecular weight is 452 g/mol. The Morgan fingerprint density at radius 3 is 2.75 bits per heavy atom. The molecule has 1 aliphatic heterocycles. The molecule has 4 rings (SSSR count). The van der Waals surface area contributed by atoms with Crippen LogP contribution in [0, 0.1) is 11.7 Å². The van der Waals surface area contributed by atoms with Gasteiger partial charge in [-0.25, -0.2) is 9.37 Å². The van der Waals surface area contributed by atoms with E-state index in [1.54, 1.807) is 4.90 Å². The highest BCUT2D eigenvalue weighted by molar-refractivity contribution is 5.98. The largest absolute Gasteiger partial charge is 0.408 e. The van der Waals surface area contributed by atoms with Crippen LogP contribution >= 0.6 is 0 Å². The molecule has 4 heterocycles. The number of nitrogens with zero attached hydrogens (tertiary/aromatic N) is 5. The number of carbonyl (C=O) groups is 1. The summed E-state index contributed by atoms with van der Waals surface area (Å²) in [5, 5.41) is 16.4. The molecule has 0 unspecified atom stereocenters. The first-order valence-corrected chi connectivity index (χ1v) is 9.95. The summed E-state index contributed by atoms with van der Waals surface area (Å²) in [6.07, 6.45) is -0.771. The molecule has 3 aromatic heterocycles. The quantitative estimate of drug-likeness (QED) is 0.578. The zero-order valence-corrected chi connectivity index (χ0v) is 16.8. The van der Waals surface area contributed by atoms with Crippen molar-refractivity contribution in [2.45, 2.75) is 25.6 Å². The third-order valence-electron chi connectivity index (χ3n) is 5.22. The third-order valence-corrected chi connectivity index (χ3v) is 5.22. The number of carbonyl (C=O) groups excluding carboxylic acids is 1. The number of aromatic nitrogens is 4. The number of hydrogen-bond acceptors (Lipinski definition) is 6. The number of hydrogen-bond donors (Lipinski definition) is 2. The van der Waals surface area contributed by atoms with E-state index in [0.717, 1.165) is 29.8 Å². The van der Waals surface area contributed by atoms with E-state index in [1.165, 1.54) is 18.3 Å². The number of aliphatic hydroxyl groups excluding tert-OH is 1. The number of anilines is 2. The molecule has 1 fully saturated rings. The minimum absolute atomic E-state index is 0.00845. The van der Waals surface area contributed by atoms with E-state index in [-0.39, 0.29) is 40.8 Å². The second kappa shape index (κ2) is 8.69. The lowest BCUT2D eigenvalue weighted by atomic mass is 9.99. The van der Waals surface area contributed by atoms with Crippen LogP contribution in [0.2, 0.25) is 0 Å². The Balaban J connectivity index is 1.69. The molecule has 1 atom stereocenters. The summed E-state index contributed by atoms with van der Waals surface area (Å²) in [7, 11) is 0. The number of likely N-dealkylation sites (tertiary alicyclic amines) is 1. The summed E-state index contributed by atoms with van der Waals surface area (Å²) in [4.78, 5) is 22.4. The van der Waals surface area contributed by atoms with E-state index < -0.39 is 24.4 Å². The molecule has 2 N–H and O–H groups in total. The molecular weight excluding hydrogens is 432 g/mol. The smallest absolute Gasteiger partial charge is 0.396 e. The van der Waals surface area contributed by atoms with E-state index in [4.69, 9.17) is 0 Å². The van der Waals surface area contributed by atoms with Gasteiger partial charge in [-0.2, -0.15) is 18.3 Å². The fourth-order valence-electron chi connectivity index (χ4n) is 3.70. The van der Waals surface area contributed by atoms with E-state index in [1.807, 2.05) is 0 Å². The lowest BCUT2D eigenvalue weighted by molar-refractivity contribution is -0.141. The van der Waals surface area contributed by atoms with Crippen LogP contribution in [-0.2, 0) is 6.54 Å². The molecule has 3 aromatic rings. The summed E-state index contributed by atoms with van der Waals surface area (Å²) in [5.74, 6) is -0.777. The van der Waals surface area contributed by atoms with Gasteiger partial charge in [-0.1, -0.05) is 0 Å². The van der Waals surface area contributed by atoms with Gasteiger partial charge in [-0.15, -0.1) is 0 Å². The molecule has 0 aliphatic carbocycles.